The Kier molecular flexibility index (Phi) is 1.92. The maximum atomic E-state index is 10.9. The molecule has 1 rings (SSSR count). The third-order valence-corrected chi connectivity index (χ3v) is 1.98. The van der Waals surface area contributed by atoms with E-state index in [1.54, 1.807) is 19.1 Å². The molecule has 10 heavy (non-hydrogen) atoms. The van der Waals surface area contributed by atoms with Crippen molar-refractivity contribution in [3.8, 4) is 0 Å². The van der Waals surface area contributed by atoms with Crippen molar-refractivity contribution in [2.45, 2.75) is 12.5 Å². The van der Waals surface area contributed by atoms with Crippen LogP contribution in [0.2, 0.25) is 0 Å². The van der Waals surface area contributed by atoms with Crippen LogP contribution in [0, 0.1) is 0 Å². The van der Waals surface area contributed by atoms with Gasteiger partial charge < -0.3 is 5.11 Å². The van der Waals surface area contributed by atoms with Crippen molar-refractivity contribution >= 4 is 5.91 Å². The summed E-state index contributed by atoms with van der Waals surface area (Å²) in [6.45, 7) is 0.0482. The number of hydrogen-bond acceptors (Lipinski definition) is 3. The molecule has 1 amide bonds. The van der Waals surface area contributed by atoms with Crippen LogP contribution in [0.5, 0.6) is 0 Å². The predicted octanol–water partition coefficient (Wildman–Crippen LogP) is -0.944. The Bertz CT molecular complexity index is 149. The lowest BCUT2D eigenvalue weighted by Crippen LogP contribution is -2.37. The molecule has 0 bridgehead atoms. The van der Waals surface area contributed by atoms with Crippen molar-refractivity contribution in [3.05, 3.63) is 0 Å². The summed E-state index contributed by atoms with van der Waals surface area (Å²) in [5.74, 6) is 0.0709. The van der Waals surface area contributed by atoms with Crippen LogP contribution in [-0.2, 0) is 4.79 Å². The van der Waals surface area contributed by atoms with Crippen LogP contribution in [0.3, 0.4) is 0 Å². The third-order valence-electron chi connectivity index (χ3n) is 1.98. The van der Waals surface area contributed by atoms with Gasteiger partial charge in [0.15, 0.2) is 0 Å². The smallest absolute Gasteiger partial charge is 0.238 e. The quantitative estimate of drug-likeness (QED) is 0.516. The average molecular weight is 144 g/mol. The zero-order valence-electron chi connectivity index (χ0n) is 6.24. The fourth-order valence-corrected chi connectivity index (χ4v) is 1.07. The molecule has 1 aliphatic heterocycles. The summed E-state index contributed by atoms with van der Waals surface area (Å²) in [4.78, 5) is 10.9. The first-order valence-electron chi connectivity index (χ1n) is 3.27. The van der Waals surface area contributed by atoms with E-state index < -0.39 is 0 Å². The highest BCUT2D eigenvalue weighted by Gasteiger charge is 2.31. The molecular formula is C6H12N2O2. The van der Waals surface area contributed by atoms with Gasteiger partial charge in [0.1, 0.15) is 0 Å². The van der Waals surface area contributed by atoms with E-state index in [0.29, 0.717) is 6.42 Å². The Labute approximate surface area is 60.0 Å². The van der Waals surface area contributed by atoms with Gasteiger partial charge >= 0.3 is 0 Å². The monoisotopic (exact) mass is 144 g/mol. The van der Waals surface area contributed by atoms with Crippen LogP contribution >= 0.6 is 0 Å². The number of aliphatic hydroxyl groups excluding tert-OH is 1. The van der Waals surface area contributed by atoms with Crippen LogP contribution in [0.15, 0.2) is 0 Å². The van der Waals surface area contributed by atoms with E-state index in [0.717, 1.165) is 0 Å². The minimum absolute atomic E-state index is 0.0162. The molecule has 1 aliphatic rings. The van der Waals surface area contributed by atoms with E-state index in [1.807, 2.05) is 0 Å². The number of aliphatic hydroxyl groups is 1. The number of amides is 1. The van der Waals surface area contributed by atoms with Crippen LogP contribution in [0.1, 0.15) is 6.42 Å². The van der Waals surface area contributed by atoms with Gasteiger partial charge in [-0.25, -0.2) is 5.01 Å². The van der Waals surface area contributed by atoms with Gasteiger partial charge in [-0.3, -0.25) is 9.80 Å². The molecule has 1 atom stereocenters. The Hall–Kier alpha value is -0.610. The number of likely N-dealkylation sites (N-methyl/N-ethyl adjacent to an activating group) is 1. The van der Waals surface area contributed by atoms with Gasteiger partial charge in [-0.1, -0.05) is 0 Å². The lowest BCUT2D eigenvalue weighted by molar-refractivity contribution is -0.134. The fraction of sp³-hybridized carbons (Fsp3) is 0.833. The van der Waals surface area contributed by atoms with E-state index in [1.165, 1.54) is 5.01 Å². The Balaban J connectivity index is 2.61. The average Bonchev–Trinajstić information content (AvgIpc) is 2.17. The van der Waals surface area contributed by atoms with Crippen LogP contribution in [-0.4, -0.2) is 47.8 Å². The highest BCUT2D eigenvalue weighted by atomic mass is 16.3. The first-order chi connectivity index (χ1) is 4.66. The molecule has 0 aliphatic carbocycles. The molecule has 0 spiro atoms. The molecule has 1 heterocycles. The summed E-state index contributed by atoms with van der Waals surface area (Å²) in [6, 6.07) is -0.0162. The molecule has 1 N–H and O–H groups in total. The molecule has 0 radical (unpaired) electrons. The molecule has 1 fully saturated rings. The topological polar surface area (TPSA) is 43.8 Å². The van der Waals surface area contributed by atoms with Crippen LogP contribution in [0.4, 0.5) is 0 Å². The molecule has 0 aromatic carbocycles. The number of rotatable bonds is 1. The number of nitrogens with zero attached hydrogens (tertiary/aromatic N) is 2. The molecule has 1 unspecified atom stereocenters. The van der Waals surface area contributed by atoms with Gasteiger partial charge in [0, 0.05) is 20.5 Å². The molecule has 0 aromatic heterocycles. The number of carbonyl (C=O) groups is 1. The summed E-state index contributed by atoms with van der Waals surface area (Å²) >= 11 is 0. The molecule has 1 saturated heterocycles. The van der Waals surface area contributed by atoms with E-state index in [9.17, 15) is 4.79 Å². The van der Waals surface area contributed by atoms with Crippen molar-refractivity contribution in [3.63, 3.8) is 0 Å². The van der Waals surface area contributed by atoms with Gasteiger partial charge in [-0.15, -0.1) is 0 Å². The van der Waals surface area contributed by atoms with Crippen molar-refractivity contribution in [2.75, 3.05) is 20.7 Å². The van der Waals surface area contributed by atoms with Crippen molar-refractivity contribution < 1.29 is 9.90 Å². The van der Waals surface area contributed by atoms with E-state index >= 15 is 0 Å². The first kappa shape index (κ1) is 7.50. The summed E-state index contributed by atoms with van der Waals surface area (Å²) < 4.78 is 0. The van der Waals surface area contributed by atoms with Crippen molar-refractivity contribution in [1.29, 1.82) is 0 Å². The Morgan fingerprint density at radius 1 is 1.70 bits per heavy atom. The van der Waals surface area contributed by atoms with Crippen molar-refractivity contribution in [2.24, 2.45) is 0 Å². The lowest BCUT2D eigenvalue weighted by atomic mass is 10.2. The minimum Gasteiger partial charge on any atom is -0.395 e. The maximum Gasteiger partial charge on any atom is 0.238 e. The van der Waals surface area contributed by atoms with Crippen LogP contribution < -0.4 is 0 Å². The van der Waals surface area contributed by atoms with E-state index in [2.05, 4.69) is 0 Å². The molecule has 4 nitrogen and oxygen atoms in total. The largest absolute Gasteiger partial charge is 0.395 e. The predicted molar refractivity (Wildman–Crippen MR) is 36.0 cm³/mol. The minimum atomic E-state index is -0.0162. The zero-order chi connectivity index (χ0) is 7.72. The second-order valence-corrected chi connectivity index (χ2v) is 2.53. The molecular weight excluding hydrogens is 132 g/mol. The van der Waals surface area contributed by atoms with Gasteiger partial charge in [-0.05, 0) is 0 Å². The Morgan fingerprint density at radius 3 is 2.50 bits per heavy atom. The van der Waals surface area contributed by atoms with Crippen LogP contribution in [0.25, 0.3) is 0 Å². The third kappa shape index (κ3) is 0.998. The van der Waals surface area contributed by atoms with Gasteiger partial charge in [-0.2, -0.15) is 0 Å². The van der Waals surface area contributed by atoms with E-state index in [4.69, 9.17) is 5.11 Å². The number of carbonyl (C=O) groups excluding carboxylic acids is 1. The Morgan fingerprint density at radius 2 is 2.30 bits per heavy atom. The maximum absolute atomic E-state index is 10.9. The first-order valence-corrected chi connectivity index (χ1v) is 3.27. The summed E-state index contributed by atoms with van der Waals surface area (Å²) in [5, 5.41) is 12.0. The zero-order valence-corrected chi connectivity index (χ0v) is 6.24. The lowest BCUT2D eigenvalue weighted by Gasteiger charge is -2.22. The number of hydrogen-bond donors (Lipinski definition) is 1. The highest BCUT2D eigenvalue weighted by Crippen LogP contribution is 2.14. The SMILES string of the molecule is CN1C(=O)CC(CO)N1C. The van der Waals surface area contributed by atoms with Gasteiger partial charge in [0.2, 0.25) is 5.91 Å². The molecule has 4 heteroatoms. The standard InChI is InChI=1S/C6H12N2O2/c1-7-5(4-9)3-6(10)8(7)2/h5,9H,3-4H2,1-2H3. The molecule has 0 saturated carbocycles. The summed E-state index contributed by atoms with van der Waals surface area (Å²) in [7, 11) is 3.50. The number of hydrazine groups is 1. The molecule has 58 valence electrons. The molecule has 0 aromatic rings. The van der Waals surface area contributed by atoms with Gasteiger partial charge in [0.25, 0.3) is 0 Å². The summed E-state index contributed by atoms with van der Waals surface area (Å²) in [6.07, 6.45) is 0.434. The second-order valence-electron chi connectivity index (χ2n) is 2.53. The fourth-order valence-electron chi connectivity index (χ4n) is 1.07. The van der Waals surface area contributed by atoms with Crippen molar-refractivity contribution in [1.82, 2.24) is 10.0 Å². The second kappa shape index (κ2) is 2.56. The highest BCUT2D eigenvalue weighted by molar-refractivity contribution is 5.77. The summed E-state index contributed by atoms with van der Waals surface area (Å²) in [5.41, 5.74) is 0. The van der Waals surface area contributed by atoms with E-state index in [-0.39, 0.29) is 18.6 Å². The normalized spacial score (nSPS) is 28.1. The van der Waals surface area contributed by atoms with Gasteiger partial charge in [0.05, 0.1) is 12.6 Å².